The van der Waals surface area contributed by atoms with Crippen molar-refractivity contribution in [3.05, 3.63) is 10.6 Å². The van der Waals surface area contributed by atoms with E-state index in [9.17, 15) is 4.79 Å². The second-order valence-electron chi connectivity index (χ2n) is 4.47. The maximum atomic E-state index is 12.4. The Bertz CT molecular complexity index is 379. The van der Waals surface area contributed by atoms with Gasteiger partial charge >= 0.3 is 0 Å². The Morgan fingerprint density at radius 1 is 1.50 bits per heavy atom. The SMILES string of the molecule is CCCc1nnsc1C(=O)N(CCCO)C(C)C. The fourth-order valence-corrected chi connectivity index (χ4v) is 2.40. The van der Waals surface area contributed by atoms with Gasteiger partial charge in [-0.25, -0.2) is 0 Å². The fraction of sp³-hybridized carbons (Fsp3) is 0.750. The average molecular weight is 271 g/mol. The monoisotopic (exact) mass is 271 g/mol. The van der Waals surface area contributed by atoms with Crippen LogP contribution in [0.4, 0.5) is 0 Å². The van der Waals surface area contributed by atoms with Gasteiger partial charge in [-0.15, -0.1) is 5.10 Å². The van der Waals surface area contributed by atoms with Gasteiger partial charge in [0.2, 0.25) is 0 Å². The van der Waals surface area contributed by atoms with Crippen LogP contribution in [0.2, 0.25) is 0 Å². The number of amides is 1. The Kier molecular flexibility index (Phi) is 6.21. The molecule has 0 atom stereocenters. The van der Waals surface area contributed by atoms with E-state index in [1.165, 1.54) is 0 Å². The van der Waals surface area contributed by atoms with Gasteiger partial charge in [0.15, 0.2) is 0 Å². The molecule has 5 nitrogen and oxygen atoms in total. The van der Waals surface area contributed by atoms with E-state index in [1.54, 1.807) is 4.90 Å². The van der Waals surface area contributed by atoms with E-state index in [-0.39, 0.29) is 18.6 Å². The zero-order chi connectivity index (χ0) is 13.5. The summed E-state index contributed by atoms with van der Waals surface area (Å²) in [5.74, 6) is -0.0168. The maximum Gasteiger partial charge on any atom is 0.267 e. The summed E-state index contributed by atoms with van der Waals surface area (Å²) in [7, 11) is 0. The molecule has 1 aromatic heterocycles. The molecule has 0 saturated carbocycles. The highest BCUT2D eigenvalue weighted by Crippen LogP contribution is 2.17. The van der Waals surface area contributed by atoms with Crippen molar-refractivity contribution in [2.45, 2.75) is 46.1 Å². The molecule has 0 aliphatic heterocycles. The third-order valence-electron chi connectivity index (χ3n) is 2.68. The molecule has 0 aliphatic rings. The molecule has 18 heavy (non-hydrogen) atoms. The van der Waals surface area contributed by atoms with E-state index < -0.39 is 0 Å². The molecule has 1 N–H and O–H groups in total. The Hall–Kier alpha value is -1.01. The van der Waals surface area contributed by atoms with Crippen molar-refractivity contribution in [3.8, 4) is 0 Å². The molecule has 1 heterocycles. The van der Waals surface area contributed by atoms with Crippen molar-refractivity contribution in [1.29, 1.82) is 0 Å². The average Bonchev–Trinajstić information content (AvgIpc) is 2.77. The van der Waals surface area contributed by atoms with Crippen LogP contribution < -0.4 is 0 Å². The maximum absolute atomic E-state index is 12.4. The van der Waals surface area contributed by atoms with Gasteiger partial charge in [-0.1, -0.05) is 17.8 Å². The number of hydrogen-bond donors (Lipinski definition) is 1. The summed E-state index contributed by atoms with van der Waals surface area (Å²) < 4.78 is 3.88. The number of carbonyl (C=O) groups excluding carboxylic acids is 1. The van der Waals surface area contributed by atoms with Crippen molar-refractivity contribution in [1.82, 2.24) is 14.5 Å². The molecule has 0 radical (unpaired) electrons. The Morgan fingerprint density at radius 3 is 2.78 bits per heavy atom. The lowest BCUT2D eigenvalue weighted by Crippen LogP contribution is -2.38. The van der Waals surface area contributed by atoms with E-state index >= 15 is 0 Å². The van der Waals surface area contributed by atoms with E-state index in [0.717, 1.165) is 30.1 Å². The van der Waals surface area contributed by atoms with Crippen LogP contribution in [0.3, 0.4) is 0 Å². The molecule has 0 saturated heterocycles. The number of aromatic nitrogens is 2. The predicted octanol–water partition coefficient (Wildman–Crippen LogP) is 1.72. The summed E-state index contributed by atoms with van der Waals surface area (Å²) >= 11 is 1.16. The summed E-state index contributed by atoms with van der Waals surface area (Å²) in [4.78, 5) is 14.8. The first-order chi connectivity index (χ1) is 8.61. The molecule has 0 unspecified atom stereocenters. The highest BCUT2D eigenvalue weighted by molar-refractivity contribution is 7.08. The van der Waals surface area contributed by atoms with Crippen molar-refractivity contribution in [3.63, 3.8) is 0 Å². The number of rotatable bonds is 7. The number of hydrogen-bond acceptors (Lipinski definition) is 5. The van der Waals surface area contributed by atoms with Gasteiger partial charge in [-0.05, 0) is 38.2 Å². The molecule has 1 amide bonds. The van der Waals surface area contributed by atoms with E-state index in [4.69, 9.17) is 5.11 Å². The lowest BCUT2D eigenvalue weighted by molar-refractivity contribution is 0.0697. The number of aliphatic hydroxyl groups excluding tert-OH is 1. The minimum absolute atomic E-state index is 0.0168. The third-order valence-corrected chi connectivity index (χ3v) is 3.43. The molecule has 102 valence electrons. The van der Waals surface area contributed by atoms with Gasteiger partial charge in [0, 0.05) is 19.2 Å². The normalized spacial score (nSPS) is 10.9. The number of aliphatic hydroxyl groups is 1. The smallest absolute Gasteiger partial charge is 0.267 e. The lowest BCUT2D eigenvalue weighted by atomic mass is 10.2. The third kappa shape index (κ3) is 3.74. The Morgan fingerprint density at radius 2 is 2.22 bits per heavy atom. The first-order valence-corrected chi connectivity index (χ1v) is 7.12. The highest BCUT2D eigenvalue weighted by atomic mass is 32.1. The van der Waals surface area contributed by atoms with Crippen LogP contribution in [0.5, 0.6) is 0 Å². The zero-order valence-electron chi connectivity index (χ0n) is 11.2. The first kappa shape index (κ1) is 15.0. The molecular formula is C12H21N3O2S. The van der Waals surface area contributed by atoms with Crippen LogP contribution in [0, 0.1) is 0 Å². The summed E-state index contributed by atoms with van der Waals surface area (Å²) in [5, 5.41) is 12.9. The van der Waals surface area contributed by atoms with Gasteiger partial charge < -0.3 is 10.0 Å². The highest BCUT2D eigenvalue weighted by Gasteiger charge is 2.23. The number of nitrogens with zero attached hydrogens (tertiary/aromatic N) is 3. The fourth-order valence-electron chi connectivity index (χ4n) is 1.74. The second-order valence-corrected chi connectivity index (χ2v) is 5.22. The van der Waals surface area contributed by atoms with Gasteiger partial charge in [-0.2, -0.15) is 0 Å². The van der Waals surface area contributed by atoms with Crippen LogP contribution in [-0.2, 0) is 6.42 Å². The second kappa shape index (κ2) is 7.43. The Balaban J connectivity index is 2.84. The summed E-state index contributed by atoms with van der Waals surface area (Å²) in [5.41, 5.74) is 0.794. The first-order valence-electron chi connectivity index (χ1n) is 6.34. The van der Waals surface area contributed by atoms with Crippen molar-refractivity contribution in [2.75, 3.05) is 13.2 Å². The van der Waals surface area contributed by atoms with Crippen molar-refractivity contribution >= 4 is 17.4 Å². The molecule has 0 aliphatic carbocycles. The van der Waals surface area contributed by atoms with Crippen LogP contribution in [0.25, 0.3) is 0 Å². The van der Waals surface area contributed by atoms with Gasteiger partial charge in [0.25, 0.3) is 5.91 Å². The van der Waals surface area contributed by atoms with Crippen LogP contribution in [0.1, 0.15) is 49.0 Å². The lowest BCUT2D eigenvalue weighted by Gasteiger charge is -2.26. The Labute approximate surface area is 112 Å². The van der Waals surface area contributed by atoms with E-state index in [1.807, 2.05) is 13.8 Å². The summed E-state index contributed by atoms with van der Waals surface area (Å²) in [6.07, 6.45) is 2.33. The minimum atomic E-state index is -0.0168. The van der Waals surface area contributed by atoms with Gasteiger partial charge in [0.1, 0.15) is 4.88 Å². The van der Waals surface area contributed by atoms with E-state index in [0.29, 0.717) is 17.8 Å². The predicted molar refractivity (Wildman–Crippen MR) is 71.8 cm³/mol. The molecule has 0 bridgehead atoms. The van der Waals surface area contributed by atoms with Gasteiger partial charge in [0.05, 0.1) is 5.69 Å². The van der Waals surface area contributed by atoms with Crippen molar-refractivity contribution in [2.24, 2.45) is 0 Å². The van der Waals surface area contributed by atoms with Crippen molar-refractivity contribution < 1.29 is 9.90 Å². The molecule has 0 spiro atoms. The van der Waals surface area contributed by atoms with E-state index in [2.05, 4.69) is 16.5 Å². The molecular weight excluding hydrogens is 250 g/mol. The minimum Gasteiger partial charge on any atom is -0.396 e. The standard InChI is InChI=1S/C12H21N3O2S/c1-4-6-10-11(18-14-13-10)12(17)15(9(2)3)7-5-8-16/h9,16H,4-8H2,1-3H3. The zero-order valence-corrected chi connectivity index (χ0v) is 12.0. The molecule has 0 fully saturated rings. The number of carbonyl (C=O) groups is 1. The van der Waals surface area contributed by atoms with Crippen LogP contribution in [-0.4, -0.2) is 44.7 Å². The number of aryl methyl sites for hydroxylation is 1. The molecule has 1 aromatic rings. The summed E-state index contributed by atoms with van der Waals surface area (Å²) in [6, 6.07) is 0.112. The van der Waals surface area contributed by atoms with Gasteiger partial charge in [-0.3, -0.25) is 4.79 Å². The summed E-state index contributed by atoms with van der Waals surface area (Å²) in [6.45, 7) is 6.67. The van der Waals surface area contributed by atoms with Crippen LogP contribution in [0.15, 0.2) is 0 Å². The quantitative estimate of drug-likeness (QED) is 0.820. The topological polar surface area (TPSA) is 66.3 Å². The molecule has 0 aromatic carbocycles. The molecule has 1 rings (SSSR count). The van der Waals surface area contributed by atoms with Crippen LogP contribution >= 0.6 is 11.5 Å². The largest absolute Gasteiger partial charge is 0.396 e. The molecule has 6 heteroatoms.